The normalized spacial score (nSPS) is 10.9. The Labute approximate surface area is 120 Å². The van der Waals surface area contributed by atoms with Crippen LogP contribution in [0.1, 0.15) is 0 Å². The van der Waals surface area contributed by atoms with Crippen molar-refractivity contribution in [3.8, 4) is 22.8 Å². The van der Waals surface area contributed by atoms with E-state index in [1.165, 1.54) is 0 Å². The second kappa shape index (κ2) is 4.79. The molecule has 4 rings (SSSR count). The lowest BCUT2D eigenvalue weighted by Crippen LogP contribution is -1.98. The molecule has 3 heterocycles. The van der Waals surface area contributed by atoms with E-state index in [9.17, 15) is 0 Å². The summed E-state index contributed by atoms with van der Waals surface area (Å²) in [7, 11) is 0. The maximum atomic E-state index is 4.63. The molecular weight excluding hydrogens is 262 g/mol. The van der Waals surface area contributed by atoms with Gasteiger partial charge in [-0.2, -0.15) is 9.61 Å². The minimum atomic E-state index is 0.642. The summed E-state index contributed by atoms with van der Waals surface area (Å²) in [6, 6.07) is 19.6. The molecule has 0 bridgehead atoms. The van der Waals surface area contributed by atoms with E-state index in [-0.39, 0.29) is 0 Å². The summed E-state index contributed by atoms with van der Waals surface area (Å²) in [6.07, 6.45) is 1.73. The standard InChI is InChI=1S/C16H11N5/c1-2-6-12(7-3-1)13-9-10-15-18-19-16(21(15)20-13)14-8-4-5-11-17-14/h1-11H. The molecule has 0 unspecified atom stereocenters. The summed E-state index contributed by atoms with van der Waals surface area (Å²) in [5.41, 5.74) is 3.39. The molecule has 0 atom stereocenters. The molecule has 0 spiro atoms. The van der Waals surface area contributed by atoms with Gasteiger partial charge in [-0.15, -0.1) is 10.2 Å². The van der Waals surface area contributed by atoms with Crippen molar-refractivity contribution in [1.82, 2.24) is 24.8 Å². The number of hydrogen-bond acceptors (Lipinski definition) is 4. The van der Waals surface area contributed by atoms with Crippen molar-refractivity contribution in [2.24, 2.45) is 0 Å². The van der Waals surface area contributed by atoms with E-state index in [1.54, 1.807) is 10.7 Å². The largest absolute Gasteiger partial charge is 0.253 e. The molecule has 0 saturated carbocycles. The quantitative estimate of drug-likeness (QED) is 0.563. The predicted molar refractivity (Wildman–Crippen MR) is 79.4 cm³/mol. The summed E-state index contributed by atoms with van der Waals surface area (Å²) in [5, 5.41) is 13.0. The van der Waals surface area contributed by atoms with Crippen molar-refractivity contribution in [3.05, 3.63) is 66.9 Å². The second-order valence-corrected chi connectivity index (χ2v) is 4.59. The van der Waals surface area contributed by atoms with Crippen LogP contribution in [0.5, 0.6) is 0 Å². The van der Waals surface area contributed by atoms with E-state index >= 15 is 0 Å². The average Bonchev–Trinajstić information content (AvgIpc) is 2.99. The van der Waals surface area contributed by atoms with Crippen molar-refractivity contribution < 1.29 is 0 Å². The van der Waals surface area contributed by atoms with Gasteiger partial charge in [0.2, 0.25) is 5.82 Å². The zero-order valence-corrected chi connectivity index (χ0v) is 11.1. The van der Waals surface area contributed by atoms with Crippen LogP contribution in [-0.4, -0.2) is 24.8 Å². The summed E-state index contributed by atoms with van der Waals surface area (Å²) in [5.74, 6) is 0.642. The number of nitrogens with zero attached hydrogens (tertiary/aromatic N) is 5. The van der Waals surface area contributed by atoms with Gasteiger partial charge in [0.15, 0.2) is 5.65 Å². The average molecular weight is 273 g/mol. The van der Waals surface area contributed by atoms with Gasteiger partial charge in [0.25, 0.3) is 0 Å². The van der Waals surface area contributed by atoms with Gasteiger partial charge in [-0.05, 0) is 24.3 Å². The molecule has 3 aromatic heterocycles. The highest BCUT2D eigenvalue weighted by molar-refractivity contribution is 5.62. The fourth-order valence-electron chi connectivity index (χ4n) is 2.21. The van der Waals surface area contributed by atoms with E-state index < -0.39 is 0 Å². The lowest BCUT2D eigenvalue weighted by atomic mass is 10.1. The molecule has 0 radical (unpaired) electrons. The van der Waals surface area contributed by atoms with Crippen LogP contribution >= 0.6 is 0 Å². The Morgan fingerprint density at radius 2 is 1.57 bits per heavy atom. The van der Waals surface area contributed by atoms with Crippen LogP contribution in [0.2, 0.25) is 0 Å². The van der Waals surface area contributed by atoms with Gasteiger partial charge in [-0.3, -0.25) is 4.98 Å². The van der Waals surface area contributed by atoms with E-state index in [4.69, 9.17) is 0 Å². The first-order valence-electron chi connectivity index (χ1n) is 6.61. The summed E-state index contributed by atoms with van der Waals surface area (Å²) in [6.45, 7) is 0. The Kier molecular flexibility index (Phi) is 2.67. The van der Waals surface area contributed by atoms with E-state index in [0.717, 1.165) is 17.0 Å². The van der Waals surface area contributed by atoms with Crippen LogP contribution in [0.15, 0.2) is 66.9 Å². The molecule has 21 heavy (non-hydrogen) atoms. The third-order valence-electron chi connectivity index (χ3n) is 3.23. The first kappa shape index (κ1) is 11.7. The highest BCUT2D eigenvalue weighted by Gasteiger charge is 2.11. The van der Waals surface area contributed by atoms with Crippen molar-refractivity contribution in [3.63, 3.8) is 0 Å². The molecule has 5 nitrogen and oxygen atoms in total. The van der Waals surface area contributed by atoms with Crippen molar-refractivity contribution in [2.75, 3.05) is 0 Å². The molecule has 1 aromatic carbocycles. The van der Waals surface area contributed by atoms with Crippen molar-refractivity contribution in [1.29, 1.82) is 0 Å². The Balaban J connectivity index is 1.91. The highest BCUT2D eigenvalue weighted by Crippen LogP contribution is 2.19. The number of hydrogen-bond donors (Lipinski definition) is 0. The molecule has 0 saturated heterocycles. The molecule has 4 aromatic rings. The van der Waals surface area contributed by atoms with E-state index in [0.29, 0.717) is 11.5 Å². The molecule has 0 aliphatic rings. The first-order valence-corrected chi connectivity index (χ1v) is 6.61. The van der Waals surface area contributed by atoms with Gasteiger partial charge >= 0.3 is 0 Å². The van der Waals surface area contributed by atoms with Gasteiger partial charge in [0.05, 0.1) is 5.69 Å². The molecule has 0 N–H and O–H groups in total. The van der Waals surface area contributed by atoms with Crippen LogP contribution in [0.4, 0.5) is 0 Å². The molecule has 5 heteroatoms. The van der Waals surface area contributed by atoms with Crippen LogP contribution in [0, 0.1) is 0 Å². The van der Waals surface area contributed by atoms with Crippen LogP contribution < -0.4 is 0 Å². The summed E-state index contributed by atoms with van der Waals surface area (Å²) in [4.78, 5) is 4.31. The third kappa shape index (κ3) is 2.04. The maximum Gasteiger partial charge on any atom is 0.203 e. The maximum absolute atomic E-state index is 4.63. The lowest BCUT2D eigenvalue weighted by Gasteiger charge is -2.02. The zero-order chi connectivity index (χ0) is 14.1. The smallest absolute Gasteiger partial charge is 0.203 e. The number of benzene rings is 1. The van der Waals surface area contributed by atoms with Crippen LogP contribution in [-0.2, 0) is 0 Å². The number of fused-ring (bicyclic) bond motifs is 1. The number of pyridine rings is 1. The highest BCUT2D eigenvalue weighted by atomic mass is 15.4. The minimum Gasteiger partial charge on any atom is -0.253 e. The molecule has 0 aliphatic heterocycles. The molecule has 0 aliphatic carbocycles. The van der Waals surface area contributed by atoms with Gasteiger partial charge in [0.1, 0.15) is 5.69 Å². The predicted octanol–water partition coefficient (Wildman–Crippen LogP) is 2.85. The Morgan fingerprint density at radius 1 is 0.714 bits per heavy atom. The topological polar surface area (TPSA) is 56.0 Å². The van der Waals surface area contributed by atoms with Gasteiger partial charge < -0.3 is 0 Å². The molecule has 100 valence electrons. The van der Waals surface area contributed by atoms with Gasteiger partial charge in [-0.1, -0.05) is 36.4 Å². The fourth-order valence-corrected chi connectivity index (χ4v) is 2.21. The van der Waals surface area contributed by atoms with Crippen LogP contribution in [0.25, 0.3) is 28.4 Å². The van der Waals surface area contributed by atoms with E-state index in [2.05, 4.69) is 20.3 Å². The SMILES string of the molecule is c1ccc(-c2ccc3nnc(-c4ccccn4)n3n2)cc1. The molecule has 0 fully saturated rings. The molecule has 0 amide bonds. The van der Waals surface area contributed by atoms with Gasteiger partial charge in [-0.25, -0.2) is 0 Å². The zero-order valence-electron chi connectivity index (χ0n) is 11.1. The van der Waals surface area contributed by atoms with Crippen LogP contribution in [0.3, 0.4) is 0 Å². The Bertz CT molecular complexity index is 884. The van der Waals surface area contributed by atoms with Crippen molar-refractivity contribution >= 4 is 5.65 Å². The number of aromatic nitrogens is 5. The summed E-state index contributed by atoms with van der Waals surface area (Å²) < 4.78 is 1.73. The monoisotopic (exact) mass is 273 g/mol. The number of rotatable bonds is 2. The Morgan fingerprint density at radius 3 is 2.38 bits per heavy atom. The minimum absolute atomic E-state index is 0.642. The molecular formula is C16H11N5. The van der Waals surface area contributed by atoms with Crippen molar-refractivity contribution in [2.45, 2.75) is 0 Å². The lowest BCUT2D eigenvalue weighted by molar-refractivity contribution is 0.935. The first-order chi connectivity index (χ1) is 10.4. The fraction of sp³-hybridized carbons (Fsp3) is 0. The second-order valence-electron chi connectivity index (χ2n) is 4.59. The third-order valence-corrected chi connectivity index (χ3v) is 3.23. The summed E-state index contributed by atoms with van der Waals surface area (Å²) >= 11 is 0. The Hall–Kier alpha value is -3.08. The van der Waals surface area contributed by atoms with Gasteiger partial charge in [0, 0.05) is 11.8 Å². The van der Waals surface area contributed by atoms with E-state index in [1.807, 2.05) is 60.7 Å².